The zero-order valence-corrected chi connectivity index (χ0v) is 5.87. The highest BCUT2D eigenvalue weighted by Crippen LogP contribution is 2.32. The molecule has 0 amide bonds. The minimum absolute atomic E-state index is 0.431. The molecule has 1 aromatic rings. The van der Waals surface area contributed by atoms with Crippen LogP contribution in [0.15, 0.2) is 12.3 Å². The molecular weight excluding hydrogens is 128 g/mol. The van der Waals surface area contributed by atoms with Gasteiger partial charge in [-0.1, -0.05) is 6.92 Å². The second-order valence-electron chi connectivity index (χ2n) is 2.79. The first kappa shape index (κ1) is 5.77. The zero-order valence-electron chi connectivity index (χ0n) is 5.87. The molecule has 54 valence electrons. The lowest BCUT2D eigenvalue weighted by Gasteiger charge is -1.98. The van der Waals surface area contributed by atoms with Crippen molar-refractivity contribution in [2.45, 2.75) is 19.4 Å². The summed E-state index contributed by atoms with van der Waals surface area (Å²) in [5.41, 5.74) is 0. The molecule has 0 radical (unpaired) electrons. The summed E-state index contributed by atoms with van der Waals surface area (Å²) in [6, 6.07) is 1.84. The van der Waals surface area contributed by atoms with E-state index >= 15 is 0 Å². The Hall–Kier alpha value is -0.990. The molecule has 0 unspecified atom stereocenters. The fourth-order valence-electron chi connectivity index (χ4n) is 0.924. The maximum Gasteiger partial charge on any atom is 0.209 e. The predicted molar refractivity (Wildman–Crippen MR) is 36.8 cm³/mol. The van der Waals surface area contributed by atoms with Crippen LogP contribution in [0.5, 0.6) is 5.88 Å². The van der Waals surface area contributed by atoms with Gasteiger partial charge in [0.1, 0.15) is 6.10 Å². The minimum atomic E-state index is 0.431. The third-order valence-corrected chi connectivity index (χ3v) is 1.79. The molecule has 1 N–H and O–H groups in total. The topological polar surface area (TPSA) is 37.9 Å². The molecule has 10 heavy (non-hydrogen) atoms. The van der Waals surface area contributed by atoms with Gasteiger partial charge in [0, 0.05) is 6.07 Å². The van der Waals surface area contributed by atoms with Crippen molar-refractivity contribution in [2.75, 3.05) is 0 Å². The molecule has 1 saturated carbocycles. The van der Waals surface area contributed by atoms with Gasteiger partial charge in [0.2, 0.25) is 5.88 Å². The van der Waals surface area contributed by atoms with Crippen LogP contribution in [0.4, 0.5) is 0 Å². The fraction of sp³-hybridized carbons (Fsp3) is 0.571. The van der Waals surface area contributed by atoms with Gasteiger partial charge in [-0.15, -0.1) is 0 Å². The number of aromatic amines is 1. The second kappa shape index (κ2) is 2.01. The summed E-state index contributed by atoms with van der Waals surface area (Å²) in [7, 11) is 0. The number of ether oxygens (including phenoxy) is 1. The van der Waals surface area contributed by atoms with Crippen molar-refractivity contribution in [1.82, 2.24) is 10.2 Å². The van der Waals surface area contributed by atoms with Crippen molar-refractivity contribution in [3.8, 4) is 5.88 Å². The quantitative estimate of drug-likeness (QED) is 0.666. The van der Waals surface area contributed by atoms with Crippen LogP contribution in [-0.2, 0) is 0 Å². The van der Waals surface area contributed by atoms with Crippen LogP contribution in [0.3, 0.4) is 0 Å². The number of rotatable bonds is 2. The third kappa shape index (κ3) is 0.988. The van der Waals surface area contributed by atoms with E-state index in [-0.39, 0.29) is 0 Å². The van der Waals surface area contributed by atoms with Crippen molar-refractivity contribution in [3.05, 3.63) is 12.3 Å². The van der Waals surface area contributed by atoms with Gasteiger partial charge in [0.15, 0.2) is 0 Å². The van der Waals surface area contributed by atoms with Crippen LogP contribution >= 0.6 is 0 Å². The third-order valence-electron chi connectivity index (χ3n) is 1.79. The highest BCUT2D eigenvalue weighted by Gasteiger charge is 2.35. The molecule has 1 aliphatic carbocycles. The molecule has 0 bridgehead atoms. The van der Waals surface area contributed by atoms with Crippen LogP contribution in [0, 0.1) is 5.92 Å². The molecule has 1 aromatic heterocycles. The van der Waals surface area contributed by atoms with E-state index in [2.05, 4.69) is 17.1 Å². The standard InChI is InChI=1S/C7H10N2O/c1-5-4-6(5)10-7-2-3-8-9-7/h2-3,5-6H,4H2,1H3,(H,8,9)/t5-,6+/m0/s1. The van der Waals surface area contributed by atoms with E-state index in [0.717, 1.165) is 11.8 Å². The molecular formula is C7H10N2O. The number of hydrogen-bond donors (Lipinski definition) is 1. The van der Waals surface area contributed by atoms with Crippen LogP contribution in [0.1, 0.15) is 13.3 Å². The molecule has 3 heteroatoms. The number of hydrogen-bond acceptors (Lipinski definition) is 2. The van der Waals surface area contributed by atoms with Gasteiger partial charge in [-0.05, 0) is 12.3 Å². The van der Waals surface area contributed by atoms with Crippen molar-refractivity contribution < 1.29 is 4.74 Å². The monoisotopic (exact) mass is 138 g/mol. The highest BCUT2D eigenvalue weighted by molar-refractivity contribution is 5.06. The van der Waals surface area contributed by atoms with Gasteiger partial charge in [-0.3, -0.25) is 0 Å². The Morgan fingerprint density at radius 2 is 2.60 bits per heavy atom. The molecule has 2 rings (SSSR count). The largest absolute Gasteiger partial charge is 0.474 e. The zero-order chi connectivity index (χ0) is 6.97. The van der Waals surface area contributed by atoms with Gasteiger partial charge in [0.05, 0.1) is 6.20 Å². The smallest absolute Gasteiger partial charge is 0.209 e. The van der Waals surface area contributed by atoms with Gasteiger partial charge in [0.25, 0.3) is 0 Å². The van der Waals surface area contributed by atoms with Gasteiger partial charge >= 0.3 is 0 Å². The summed E-state index contributed by atoms with van der Waals surface area (Å²) < 4.78 is 5.46. The fourth-order valence-corrected chi connectivity index (χ4v) is 0.924. The number of nitrogens with zero attached hydrogens (tertiary/aromatic N) is 1. The summed E-state index contributed by atoms with van der Waals surface area (Å²) in [6.45, 7) is 2.18. The summed E-state index contributed by atoms with van der Waals surface area (Å²) in [5.74, 6) is 1.51. The Labute approximate surface area is 59.4 Å². The molecule has 0 aromatic carbocycles. The Kier molecular flexibility index (Phi) is 1.16. The molecule has 1 aliphatic rings. The van der Waals surface area contributed by atoms with Crippen molar-refractivity contribution in [1.29, 1.82) is 0 Å². The summed E-state index contributed by atoms with van der Waals surface area (Å²) >= 11 is 0. The first-order valence-electron chi connectivity index (χ1n) is 3.52. The Balaban J connectivity index is 1.93. The molecule has 0 saturated heterocycles. The maximum atomic E-state index is 5.46. The normalized spacial score (nSPS) is 30.1. The molecule has 1 fully saturated rings. The van der Waals surface area contributed by atoms with E-state index in [1.807, 2.05) is 6.07 Å². The van der Waals surface area contributed by atoms with Crippen molar-refractivity contribution in [3.63, 3.8) is 0 Å². The number of aromatic nitrogens is 2. The van der Waals surface area contributed by atoms with E-state index in [0.29, 0.717) is 6.10 Å². The summed E-state index contributed by atoms with van der Waals surface area (Å²) in [6.07, 6.45) is 3.31. The highest BCUT2D eigenvalue weighted by atomic mass is 16.5. The Bertz CT molecular complexity index is 207. The first-order chi connectivity index (χ1) is 4.86. The van der Waals surface area contributed by atoms with Gasteiger partial charge in [-0.2, -0.15) is 5.10 Å². The lowest BCUT2D eigenvalue weighted by atomic mass is 10.5. The lowest BCUT2D eigenvalue weighted by Crippen LogP contribution is -1.98. The van der Waals surface area contributed by atoms with Gasteiger partial charge < -0.3 is 4.74 Å². The lowest BCUT2D eigenvalue weighted by molar-refractivity contribution is 0.276. The molecule has 0 spiro atoms. The van der Waals surface area contributed by atoms with Crippen LogP contribution in [0.2, 0.25) is 0 Å². The van der Waals surface area contributed by atoms with Crippen molar-refractivity contribution in [2.24, 2.45) is 5.92 Å². The molecule has 3 nitrogen and oxygen atoms in total. The van der Waals surface area contributed by atoms with E-state index in [1.165, 1.54) is 6.42 Å². The SMILES string of the molecule is C[C@H]1C[C@H]1Oc1ccn[nH]1. The van der Waals surface area contributed by atoms with Gasteiger partial charge in [-0.25, -0.2) is 5.10 Å². The number of nitrogens with one attached hydrogen (secondary N) is 1. The summed E-state index contributed by atoms with van der Waals surface area (Å²) in [5, 5.41) is 6.53. The Morgan fingerprint density at radius 1 is 1.80 bits per heavy atom. The van der Waals surface area contributed by atoms with E-state index in [1.54, 1.807) is 6.20 Å². The summed E-state index contributed by atoms with van der Waals surface area (Å²) in [4.78, 5) is 0. The van der Waals surface area contributed by atoms with Crippen LogP contribution in [0.25, 0.3) is 0 Å². The second-order valence-corrected chi connectivity index (χ2v) is 2.79. The van der Waals surface area contributed by atoms with Crippen LogP contribution in [-0.4, -0.2) is 16.3 Å². The average molecular weight is 138 g/mol. The Morgan fingerprint density at radius 3 is 3.10 bits per heavy atom. The van der Waals surface area contributed by atoms with E-state index in [9.17, 15) is 0 Å². The average Bonchev–Trinajstić information content (AvgIpc) is 2.48. The van der Waals surface area contributed by atoms with E-state index < -0.39 is 0 Å². The molecule has 1 heterocycles. The minimum Gasteiger partial charge on any atom is -0.474 e. The molecule has 0 aliphatic heterocycles. The predicted octanol–water partition coefficient (Wildman–Crippen LogP) is 1.20. The first-order valence-corrected chi connectivity index (χ1v) is 3.52. The van der Waals surface area contributed by atoms with Crippen molar-refractivity contribution >= 4 is 0 Å². The maximum absolute atomic E-state index is 5.46. The van der Waals surface area contributed by atoms with E-state index in [4.69, 9.17) is 4.74 Å². The molecule has 2 atom stereocenters. The number of H-pyrrole nitrogens is 1. The van der Waals surface area contributed by atoms with Crippen LogP contribution < -0.4 is 4.74 Å².